The number of methoxy groups -OCH3 is 1. The van der Waals surface area contributed by atoms with Gasteiger partial charge in [-0.1, -0.05) is 22.9 Å². The summed E-state index contributed by atoms with van der Waals surface area (Å²) in [4.78, 5) is 14.5. The molecule has 0 saturated heterocycles. The van der Waals surface area contributed by atoms with Gasteiger partial charge in [0, 0.05) is 10.9 Å². The van der Waals surface area contributed by atoms with Gasteiger partial charge in [0.2, 0.25) is 0 Å². The molecule has 0 bridgehead atoms. The number of likely N-dealkylation sites (N-methyl/N-ethyl adjacent to an activating group) is 1. The highest BCUT2D eigenvalue weighted by Crippen LogP contribution is 2.26. The van der Waals surface area contributed by atoms with Crippen molar-refractivity contribution in [3.8, 4) is 5.75 Å². The lowest BCUT2D eigenvalue weighted by Gasteiger charge is -2.34. The van der Waals surface area contributed by atoms with E-state index in [1.165, 1.54) is 0 Å². The molecule has 0 saturated carbocycles. The molecule has 106 valence electrons. The van der Waals surface area contributed by atoms with E-state index in [2.05, 4.69) is 15.9 Å². The second kappa shape index (κ2) is 6.53. The van der Waals surface area contributed by atoms with Crippen LogP contribution < -0.4 is 4.74 Å². The van der Waals surface area contributed by atoms with Crippen LogP contribution in [0.15, 0.2) is 22.7 Å². The van der Waals surface area contributed by atoms with Crippen LogP contribution in [0.3, 0.4) is 0 Å². The average Bonchev–Trinajstić information content (AvgIpc) is 2.39. The van der Waals surface area contributed by atoms with Crippen molar-refractivity contribution in [2.75, 3.05) is 21.2 Å². The van der Waals surface area contributed by atoms with Crippen LogP contribution in [0.2, 0.25) is 0 Å². The lowest BCUT2D eigenvalue weighted by Crippen LogP contribution is -2.48. The molecule has 19 heavy (non-hydrogen) atoms. The first-order valence-corrected chi connectivity index (χ1v) is 7.17. The number of rotatable bonds is 6. The van der Waals surface area contributed by atoms with Gasteiger partial charge in [0.05, 0.1) is 12.6 Å². The van der Waals surface area contributed by atoms with Crippen molar-refractivity contribution in [2.45, 2.75) is 32.2 Å². The van der Waals surface area contributed by atoms with Crippen molar-refractivity contribution >= 4 is 21.7 Å². The second-order valence-electron chi connectivity index (χ2n) is 5.08. The molecule has 0 aliphatic heterocycles. The third kappa shape index (κ3) is 3.57. The minimum absolute atomic E-state index is 0.217. The van der Waals surface area contributed by atoms with Crippen molar-refractivity contribution < 1.29 is 9.53 Å². The summed E-state index contributed by atoms with van der Waals surface area (Å²) in [5, 5.41) is 0. The van der Waals surface area contributed by atoms with Crippen molar-refractivity contribution in [3.63, 3.8) is 0 Å². The van der Waals surface area contributed by atoms with Gasteiger partial charge in [-0.15, -0.1) is 0 Å². The molecular formula is C15H22BrNO2. The van der Waals surface area contributed by atoms with E-state index < -0.39 is 5.54 Å². The van der Waals surface area contributed by atoms with Gasteiger partial charge in [-0.3, -0.25) is 9.69 Å². The zero-order chi connectivity index (χ0) is 14.6. The molecule has 0 aliphatic rings. The van der Waals surface area contributed by atoms with E-state index >= 15 is 0 Å². The number of benzene rings is 1. The average molecular weight is 328 g/mol. The molecule has 1 aromatic rings. The van der Waals surface area contributed by atoms with Gasteiger partial charge in [0.15, 0.2) is 5.78 Å². The molecule has 0 radical (unpaired) electrons. The molecule has 0 aromatic heterocycles. The second-order valence-corrected chi connectivity index (χ2v) is 5.93. The summed E-state index contributed by atoms with van der Waals surface area (Å²) in [6.07, 6.45) is 1.20. The van der Waals surface area contributed by atoms with Crippen LogP contribution >= 0.6 is 15.9 Å². The van der Waals surface area contributed by atoms with Crippen molar-refractivity contribution in [3.05, 3.63) is 28.2 Å². The molecule has 0 N–H and O–H groups in total. The number of hydrogen-bond donors (Lipinski definition) is 0. The van der Waals surface area contributed by atoms with Gasteiger partial charge in [-0.2, -0.15) is 0 Å². The van der Waals surface area contributed by atoms with E-state index in [1.54, 1.807) is 7.11 Å². The summed E-state index contributed by atoms with van der Waals surface area (Å²) < 4.78 is 6.15. The van der Waals surface area contributed by atoms with Gasteiger partial charge in [0.1, 0.15) is 5.75 Å². The molecular weight excluding hydrogens is 306 g/mol. The normalized spacial score (nSPS) is 14.3. The first kappa shape index (κ1) is 16.2. The Morgan fingerprint density at radius 1 is 1.42 bits per heavy atom. The number of ketones is 1. The van der Waals surface area contributed by atoms with Crippen LogP contribution in [0.5, 0.6) is 5.75 Å². The number of ether oxygens (including phenoxy) is 1. The largest absolute Gasteiger partial charge is 0.497 e. The molecule has 1 aromatic carbocycles. The fourth-order valence-electron chi connectivity index (χ4n) is 1.94. The smallest absolute Gasteiger partial charge is 0.157 e. The number of nitrogens with zero attached hydrogens (tertiary/aromatic N) is 1. The van der Waals surface area contributed by atoms with E-state index in [-0.39, 0.29) is 5.78 Å². The van der Waals surface area contributed by atoms with Crippen LogP contribution in [-0.2, 0) is 11.2 Å². The number of carbonyl (C=O) groups excluding carboxylic acids is 1. The molecule has 0 amide bonds. The monoisotopic (exact) mass is 327 g/mol. The first-order chi connectivity index (χ1) is 8.85. The molecule has 0 spiro atoms. The highest BCUT2D eigenvalue weighted by Gasteiger charge is 2.33. The Hall–Kier alpha value is -0.870. The molecule has 1 rings (SSSR count). The van der Waals surface area contributed by atoms with Gasteiger partial charge < -0.3 is 4.74 Å². The zero-order valence-corrected chi connectivity index (χ0v) is 13.9. The van der Waals surface area contributed by atoms with Crippen LogP contribution in [0.25, 0.3) is 0 Å². The van der Waals surface area contributed by atoms with Crippen LogP contribution in [0.1, 0.15) is 25.8 Å². The fourth-order valence-corrected chi connectivity index (χ4v) is 2.33. The SMILES string of the molecule is CCC(C)(C(=O)Cc1cc(OC)ccc1Br)N(C)C. The summed E-state index contributed by atoms with van der Waals surface area (Å²) >= 11 is 3.49. The summed E-state index contributed by atoms with van der Waals surface area (Å²) in [6.45, 7) is 4.03. The third-order valence-corrected chi connectivity index (χ3v) is 4.65. The van der Waals surface area contributed by atoms with E-state index in [9.17, 15) is 4.79 Å². The Morgan fingerprint density at radius 3 is 2.53 bits per heavy atom. The minimum atomic E-state index is -0.428. The van der Waals surface area contributed by atoms with Crippen LogP contribution in [-0.4, -0.2) is 37.4 Å². The topological polar surface area (TPSA) is 29.5 Å². The predicted octanol–water partition coefficient (Wildman–Crippen LogP) is 3.30. The first-order valence-electron chi connectivity index (χ1n) is 6.38. The van der Waals surface area contributed by atoms with E-state index in [0.717, 1.165) is 22.2 Å². The Labute approximate surface area is 124 Å². The minimum Gasteiger partial charge on any atom is -0.497 e. The maximum Gasteiger partial charge on any atom is 0.157 e. The summed E-state index contributed by atoms with van der Waals surface area (Å²) in [5.41, 5.74) is 0.536. The molecule has 0 heterocycles. The number of halogens is 1. The lowest BCUT2D eigenvalue weighted by atomic mass is 9.88. The molecule has 1 atom stereocenters. The van der Waals surface area contributed by atoms with Gasteiger partial charge in [0.25, 0.3) is 0 Å². The summed E-state index contributed by atoms with van der Waals surface area (Å²) in [7, 11) is 5.52. The van der Waals surface area contributed by atoms with Crippen LogP contribution in [0.4, 0.5) is 0 Å². The summed E-state index contributed by atoms with van der Waals surface area (Å²) in [6, 6.07) is 5.71. The molecule has 1 unspecified atom stereocenters. The summed E-state index contributed by atoms with van der Waals surface area (Å²) in [5.74, 6) is 0.989. The molecule has 0 aliphatic carbocycles. The standard InChI is InChI=1S/C15H22BrNO2/c1-6-15(2,17(3)4)14(18)10-11-9-12(19-5)7-8-13(11)16/h7-9H,6,10H2,1-5H3. The predicted molar refractivity (Wildman–Crippen MR) is 81.8 cm³/mol. The highest BCUT2D eigenvalue weighted by molar-refractivity contribution is 9.10. The fraction of sp³-hybridized carbons (Fsp3) is 0.533. The van der Waals surface area contributed by atoms with Crippen molar-refractivity contribution in [1.82, 2.24) is 4.90 Å². The number of carbonyl (C=O) groups is 1. The highest BCUT2D eigenvalue weighted by atomic mass is 79.9. The van der Waals surface area contributed by atoms with Crippen molar-refractivity contribution in [2.24, 2.45) is 0 Å². The Kier molecular flexibility index (Phi) is 5.56. The Balaban J connectivity index is 2.99. The van der Waals surface area contributed by atoms with E-state index in [0.29, 0.717) is 6.42 Å². The maximum atomic E-state index is 12.6. The van der Waals surface area contributed by atoms with Gasteiger partial charge >= 0.3 is 0 Å². The molecule has 4 heteroatoms. The van der Waals surface area contributed by atoms with Gasteiger partial charge in [-0.05, 0) is 51.2 Å². The van der Waals surface area contributed by atoms with Crippen molar-refractivity contribution in [1.29, 1.82) is 0 Å². The van der Waals surface area contributed by atoms with Crippen LogP contribution in [0, 0.1) is 0 Å². The number of Topliss-reactive ketones (excluding diaryl/α,β-unsaturated/α-hetero) is 1. The van der Waals surface area contributed by atoms with E-state index in [4.69, 9.17) is 4.74 Å². The van der Waals surface area contributed by atoms with E-state index in [1.807, 2.05) is 51.0 Å². The zero-order valence-electron chi connectivity index (χ0n) is 12.3. The molecule has 0 fully saturated rings. The Morgan fingerprint density at radius 2 is 2.05 bits per heavy atom. The maximum absolute atomic E-state index is 12.6. The lowest BCUT2D eigenvalue weighted by molar-refractivity contribution is -0.128. The Bertz CT molecular complexity index is 459. The number of hydrogen-bond acceptors (Lipinski definition) is 3. The molecule has 3 nitrogen and oxygen atoms in total. The third-order valence-electron chi connectivity index (χ3n) is 3.88. The quantitative estimate of drug-likeness (QED) is 0.802. The van der Waals surface area contributed by atoms with Gasteiger partial charge in [-0.25, -0.2) is 0 Å².